The summed E-state index contributed by atoms with van der Waals surface area (Å²) in [5.41, 5.74) is 2.20. The number of carbonyl (C=O) groups is 1. The molecule has 222 valence electrons. The molecule has 3 aromatic rings. The molecule has 0 bridgehead atoms. The number of amides is 1. The van der Waals surface area contributed by atoms with Crippen molar-refractivity contribution in [3.63, 3.8) is 0 Å². The summed E-state index contributed by atoms with van der Waals surface area (Å²) < 4.78 is 50.7. The number of aryl methyl sites for hydroxylation is 1. The summed E-state index contributed by atoms with van der Waals surface area (Å²) in [5, 5.41) is 12.0. The van der Waals surface area contributed by atoms with Gasteiger partial charge in [0, 0.05) is 37.5 Å². The van der Waals surface area contributed by atoms with Crippen molar-refractivity contribution >= 4 is 11.6 Å². The summed E-state index contributed by atoms with van der Waals surface area (Å²) in [6.07, 6.45) is 3.83. The highest BCUT2D eigenvalue weighted by Crippen LogP contribution is 2.52. The first kappa shape index (κ1) is 27.6. The van der Waals surface area contributed by atoms with Crippen molar-refractivity contribution in [2.45, 2.75) is 94.1 Å². The number of nitrogens with zero attached hydrogens (tertiary/aromatic N) is 4. The Labute approximate surface area is 243 Å². The van der Waals surface area contributed by atoms with E-state index in [1.165, 1.54) is 11.0 Å². The SMILES string of the molecule is COC1CC(c2cc(C3CC3)cc(N3Cc4c(cc(CNC5(C)CCC5)cc4C(F)(F)F)C3=O)c2)(c2nncn2C)C1. The maximum atomic E-state index is 14.4. The van der Waals surface area contributed by atoms with E-state index in [2.05, 4.69) is 28.5 Å². The van der Waals surface area contributed by atoms with E-state index in [1.807, 2.05) is 23.7 Å². The molecule has 0 unspecified atom stereocenters. The molecule has 1 aliphatic heterocycles. The fourth-order valence-corrected chi connectivity index (χ4v) is 7.10. The van der Waals surface area contributed by atoms with Crippen molar-refractivity contribution in [3.8, 4) is 0 Å². The van der Waals surface area contributed by atoms with E-state index in [0.717, 1.165) is 49.1 Å². The van der Waals surface area contributed by atoms with E-state index in [4.69, 9.17) is 4.74 Å². The minimum absolute atomic E-state index is 0.0515. The lowest BCUT2D eigenvalue weighted by Crippen LogP contribution is -2.48. The zero-order valence-corrected chi connectivity index (χ0v) is 24.2. The predicted molar refractivity (Wildman–Crippen MR) is 151 cm³/mol. The van der Waals surface area contributed by atoms with Gasteiger partial charge in [-0.2, -0.15) is 13.2 Å². The molecule has 10 heteroatoms. The Morgan fingerprint density at radius 1 is 1.12 bits per heavy atom. The number of rotatable bonds is 8. The van der Waals surface area contributed by atoms with Crippen LogP contribution in [0, 0.1) is 0 Å². The minimum Gasteiger partial charge on any atom is -0.381 e. The van der Waals surface area contributed by atoms with Gasteiger partial charge < -0.3 is 19.5 Å². The van der Waals surface area contributed by atoms with Gasteiger partial charge in [0.2, 0.25) is 0 Å². The Morgan fingerprint density at radius 3 is 2.48 bits per heavy atom. The second-order valence-electron chi connectivity index (χ2n) is 13.0. The first-order valence-corrected chi connectivity index (χ1v) is 14.8. The smallest absolute Gasteiger partial charge is 0.381 e. The number of nitrogens with one attached hydrogen (secondary N) is 1. The quantitative estimate of drug-likeness (QED) is 0.355. The molecule has 1 N–H and O–H groups in total. The van der Waals surface area contributed by atoms with E-state index in [-0.39, 0.29) is 35.2 Å². The lowest BCUT2D eigenvalue weighted by atomic mass is 9.61. The maximum Gasteiger partial charge on any atom is 0.416 e. The first-order chi connectivity index (χ1) is 20.0. The van der Waals surface area contributed by atoms with E-state index in [1.54, 1.807) is 19.5 Å². The number of halogens is 3. The Hall–Kier alpha value is -3.24. The normalized spacial score (nSPS) is 24.9. The Balaban J connectivity index is 1.28. The van der Waals surface area contributed by atoms with Crippen LogP contribution in [0.4, 0.5) is 18.9 Å². The molecule has 3 fully saturated rings. The van der Waals surface area contributed by atoms with Gasteiger partial charge in [0.25, 0.3) is 5.91 Å². The number of ether oxygens (including phenoxy) is 1. The molecule has 42 heavy (non-hydrogen) atoms. The average Bonchev–Trinajstić information content (AvgIpc) is 3.61. The van der Waals surface area contributed by atoms with Crippen molar-refractivity contribution in [1.82, 2.24) is 20.1 Å². The highest BCUT2D eigenvalue weighted by atomic mass is 19.4. The molecule has 3 saturated carbocycles. The summed E-state index contributed by atoms with van der Waals surface area (Å²) in [5.74, 6) is 0.819. The summed E-state index contributed by atoms with van der Waals surface area (Å²) in [6, 6.07) is 9.04. The third-order valence-corrected chi connectivity index (χ3v) is 10.1. The summed E-state index contributed by atoms with van der Waals surface area (Å²) in [7, 11) is 3.62. The third-order valence-electron chi connectivity index (χ3n) is 10.1. The van der Waals surface area contributed by atoms with E-state index < -0.39 is 17.2 Å². The number of alkyl halides is 3. The molecule has 4 aliphatic rings. The molecule has 0 atom stereocenters. The van der Waals surface area contributed by atoms with Gasteiger partial charge in [0.1, 0.15) is 12.2 Å². The Morgan fingerprint density at radius 2 is 1.88 bits per heavy atom. The zero-order chi connectivity index (χ0) is 29.4. The van der Waals surface area contributed by atoms with E-state index in [0.29, 0.717) is 36.6 Å². The number of hydrogen-bond acceptors (Lipinski definition) is 5. The monoisotopic (exact) mass is 579 g/mol. The number of anilines is 1. The van der Waals surface area contributed by atoms with Gasteiger partial charge in [0.05, 0.1) is 23.6 Å². The first-order valence-electron chi connectivity index (χ1n) is 14.8. The standard InChI is InChI=1S/C32H36F3N5O2/c1-30(7-4-8-30)36-16-19-9-25-26(27(10-19)32(33,34)35)17-40(28(25)41)23-12-21(20-5-6-20)11-22(13-23)31(14-24(15-31)42-3)29-38-37-18-39(29)2/h9-13,18,20,24,36H,4-8,14-17H2,1-3H3. The lowest BCUT2D eigenvalue weighted by Gasteiger charge is -2.46. The van der Waals surface area contributed by atoms with Crippen LogP contribution < -0.4 is 10.2 Å². The van der Waals surface area contributed by atoms with Crippen LogP contribution in [0.15, 0.2) is 36.7 Å². The minimum atomic E-state index is -4.56. The van der Waals surface area contributed by atoms with Gasteiger partial charge >= 0.3 is 6.18 Å². The number of fused-ring (bicyclic) bond motifs is 1. The topological polar surface area (TPSA) is 72.3 Å². The van der Waals surface area contributed by atoms with Crippen molar-refractivity contribution in [3.05, 3.63) is 75.9 Å². The van der Waals surface area contributed by atoms with Crippen LogP contribution in [-0.4, -0.2) is 39.4 Å². The van der Waals surface area contributed by atoms with Crippen LogP contribution in [0.25, 0.3) is 0 Å². The average molecular weight is 580 g/mol. The van der Waals surface area contributed by atoms with Crippen molar-refractivity contribution < 1.29 is 22.7 Å². The van der Waals surface area contributed by atoms with Gasteiger partial charge in [-0.25, -0.2) is 0 Å². The van der Waals surface area contributed by atoms with Crippen LogP contribution in [0.5, 0.6) is 0 Å². The van der Waals surface area contributed by atoms with E-state index >= 15 is 0 Å². The van der Waals surface area contributed by atoms with Crippen molar-refractivity contribution in [2.24, 2.45) is 7.05 Å². The number of benzene rings is 2. The molecule has 2 heterocycles. The molecule has 0 radical (unpaired) electrons. The molecule has 7 rings (SSSR count). The van der Waals surface area contributed by atoms with Gasteiger partial charge in [-0.05, 0) is 104 Å². The van der Waals surface area contributed by atoms with Gasteiger partial charge in [-0.1, -0.05) is 6.07 Å². The van der Waals surface area contributed by atoms with Crippen molar-refractivity contribution in [2.75, 3.05) is 12.0 Å². The Kier molecular flexibility index (Phi) is 6.33. The largest absolute Gasteiger partial charge is 0.416 e. The van der Waals surface area contributed by atoms with Crippen LogP contribution in [-0.2, 0) is 36.5 Å². The van der Waals surface area contributed by atoms with Crippen LogP contribution in [0.2, 0.25) is 0 Å². The summed E-state index contributed by atoms with van der Waals surface area (Å²) in [6.45, 7) is 2.28. The molecule has 7 nitrogen and oxygen atoms in total. The molecule has 0 saturated heterocycles. The fraction of sp³-hybridized carbons (Fsp3) is 0.531. The van der Waals surface area contributed by atoms with Crippen LogP contribution >= 0.6 is 0 Å². The zero-order valence-electron chi connectivity index (χ0n) is 24.2. The number of hydrogen-bond donors (Lipinski definition) is 1. The van der Waals surface area contributed by atoms with Crippen LogP contribution in [0.3, 0.4) is 0 Å². The highest BCUT2D eigenvalue weighted by molar-refractivity contribution is 6.10. The predicted octanol–water partition coefficient (Wildman–Crippen LogP) is 6.00. The second-order valence-corrected chi connectivity index (χ2v) is 13.0. The maximum absolute atomic E-state index is 14.4. The third kappa shape index (κ3) is 4.54. The molecular formula is C32H36F3N5O2. The summed E-state index contributed by atoms with van der Waals surface area (Å²) in [4.78, 5) is 15.4. The van der Waals surface area contributed by atoms with Crippen LogP contribution in [0.1, 0.15) is 102 Å². The molecule has 1 amide bonds. The van der Waals surface area contributed by atoms with Gasteiger partial charge in [-0.15, -0.1) is 10.2 Å². The van der Waals surface area contributed by atoms with Gasteiger partial charge in [-0.3, -0.25) is 4.79 Å². The number of carbonyl (C=O) groups excluding carboxylic acids is 1. The van der Waals surface area contributed by atoms with Gasteiger partial charge in [0.15, 0.2) is 0 Å². The fourth-order valence-electron chi connectivity index (χ4n) is 7.10. The van der Waals surface area contributed by atoms with E-state index in [9.17, 15) is 18.0 Å². The molecule has 2 aromatic carbocycles. The molecule has 0 spiro atoms. The molecular weight excluding hydrogens is 543 g/mol. The second kappa shape index (κ2) is 9.64. The Bertz CT molecular complexity index is 1550. The highest BCUT2D eigenvalue weighted by Gasteiger charge is 2.51. The van der Waals surface area contributed by atoms with Crippen molar-refractivity contribution in [1.29, 1.82) is 0 Å². The lowest BCUT2D eigenvalue weighted by molar-refractivity contribution is -0.138. The molecule has 3 aliphatic carbocycles. The molecule has 1 aromatic heterocycles. The number of methoxy groups -OCH3 is 1. The summed E-state index contributed by atoms with van der Waals surface area (Å²) >= 11 is 0. The number of aromatic nitrogens is 3.